The van der Waals surface area contributed by atoms with Crippen molar-refractivity contribution in [3.8, 4) is 0 Å². The maximum absolute atomic E-state index is 15.3. The molecule has 4 aromatic rings. The molecule has 2 aromatic carbocycles. The molecule has 0 spiro atoms. The van der Waals surface area contributed by atoms with Crippen molar-refractivity contribution < 1.29 is 14.3 Å². The van der Waals surface area contributed by atoms with Crippen LogP contribution in [0.3, 0.4) is 0 Å². The van der Waals surface area contributed by atoms with Crippen LogP contribution in [-0.4, -0.2) is 62.7 Å². The van der Waals surface area contributed by atoms with Crippen LogP contribution in [0.5, 0.6) is 0 Å². The zero-order valence-corrected chi connectivity index (χ0v) is 24.6. The Morgan fingerprint density at radius 3 is 2.51 bits per heavy atom. The third kappa shape index (κ3) is 5.93. The number of aromatic nitrogens is 3. The molecule has 2 aliphatic rings. The smallest absolute Gasteiger partial charge is 0.341 e. The number of carbonyl (C=O) groups is 1. The van der Waals surface area contributed by atoms with Gasteiger partial charge in [0, 0.05) is 60.1 Å². The third-order valence-corrected chi connectivity index (χ3v) is 8.78. The van der Waals surface area contributed by atoms with Crippen molar-refractivity contribution in [1.82, 2.24) is 19.2 Å². The van der Waals surface area contributed by atoms with Crippen molar-refractivity contribution in [1.29, 1.82) is 0 Å². The van der Waals surface area contributed by atoms with E-state index in [1.54, 1.807) is 35.2 Å². The molecule has 0 radical (unpaired) electrons. The summed E-state index contributed by atoms with van der Waals surface area (Å²) in [6.45, 7) is 2.87. The maximum Gasteiger partial charge on any atom is 0.341 e. The highest BCUT2D eigenvalue weighted by Gasteiger charge is 2.28. The Bertz CT molecular complexity index is 1810. The first-order valence-corrected chi connectivity index (χ1v) is 14.8. The molecule has 6 rings (SSSR count). The molecule has 3 heterocycles. The van der Waals surface area contributed by atoms with E-state index < -0.39 is 17.2 Å². The summed E-state index contributed by atoms with van der Waals surface area (Å²) in [4.78, 5) is 32.9. The zero-order chi connectivity index (χ0) is 28.8. The van der Waals surface area contributed by atoms with Crippen molar-refractivity contribution >= 4 is 80.7 Å². The number of nitrogens with zero attached hydrogens (tertiary/aromatic N) is 6. The van der Waals surface area contributed by atoms with Crippen LogP contribution >= 0.6 is 46.8 Å². The number of benzene rings is 2. The van der Waals surface area contributed by atoms with E-state index in [1.807, 2.05) is 9.47 Å². The van der Waals surface area contributed by atoms with Gasteiger partial charge in [0.2, 0.25) is 10.6 Å². The number of rotatable bonds is 7. The molecule has 1 saturated carbocycles. The molecule has 1 saturated heterocycles. The first-order chi connectivity index (χ1) is 19.7. The van der Waals surface area contributed by atoms with Crippen LogP contribution < -0.4 is 10.3 Å². The molecular formula is C27H23Cl2FN6O3S2. The van der Waals surface area contributed by atoms with Crippen molar-refractivity contribution in [2.45, 2.75) is 25.6 Å². The molecule has 14 heteroatoms. The van der Waals surface area contributed by atoms with E-state index in [9.17, 15) is 14.7 Å². The standard InChI is InChI=1S/C27H23Cl2FN6O3S2/c28-16-7-15(8-17(29)9-16)12-31-26-32-36(27(40)41-26)14-33-3-5-34(6-4-33)23-11-22-19(10-21(23)30)24(37)20(25(38)39)13-35(22)18-1-2-18/h7-13,18H,1-6,14H2,(H,38,39). The van der Waals surface area contributed by atoms with Crippen molar-refractivity contribution in [2.75, 3.05) is 31.1 Å². The summed E-state index contributed by atoms with van der Waals surface area (Å²) in [5, 5.41) is 15.6. The van der Waals surface area contributed by atoms with Gasteiger partial charge < -0.3 is 14.6 Å². The molecule has 9 nitrogen and oxygen atoms in total. The van der Waals surface area contributed by atoms with Crippen molar-refractivity contribution in [3.63, 3.8) is 0 Å². The van der Waals surface area contributed by atoms with E-state index in [0.717, 1.165) is 18.4 Å². The molecule has 1 aliphatic carbocycles. The number of halogens is 3. The van der Waals surface area contributed by atoms with Gasteiger partial charge in [-0.3, -0.25) is 9.69 Å². The Labute approximate surface area is 252 Å². The molecule has 0 unspecified atom stereocenters. The fraction of sp³-hybridized carbons (Fsp3) is 0.296. The van der Waals surface area contributed by atoms with Gasteiger partial charge in [0.15, 0.2) is 3.95 Å². The summed E-state index contributed by atoms with van der Waals surface area (Å²) >= 11 is 18.9. The third-order valence-electron chi connectivity index (χ3n) is 7.12. The molecular weight excluding hydrogens is 610 g/mol. The molecule has 2 fully saturated rings. The van der Waals surface area contributed by atoms with Gasteiger partial charge in [-0.1, -0.05) is 34.5 Å². The predicted molar refractivity (Wildman–Crippen MR) is 162 cm³/mol. The zero-order valence-electron chi connectivity index (χ0n) is 21.5. The summed E-state index contributed by atoms with van der Waals surface area (Å²) in [5.74, 6) is -1.85. The number of piperazine rings is 1. The van der Waals surface area contributed by atoms with Gasteiger partial charge in [-0.2, -0.15) is 0 Å². The highest BCUT2D eigenvalue weighted by atomic mass is 35.5. The second kappa shape index (κ2) is 11.3. The quantitative estimate of drug-likeness (QED) is 0.197. The second-order valence-electron chi connectivity index (χ2n) is 9.99. The number of aliphatic imine (C=N–C) groups is 1. The minimum absolute atomic E-state index is 0.0894. The Morgan fingerprint density at radius 2 is 1.85 bits per heavy atom. The SMILES string of the molecule is O=C(O)c1cn(C2CC2)c2cc(N3CCN(Cn4nc(N=Cc5cc(Cl)cc(Cl)c5)sc4=S)CC3)c(F)cc2c1=O. The van der Waals surface area contributed by atoms with Crippen LogP contribution in [0.15, 0.2) is 46.3 Å². The molecule has 41 heavy (non-hydrogen) atoms. The highest BCUT2D eigenvalue weighted by molar-refractivity contribution is 7.73. The number of hydrogen-bond acceptors (Lipinski definition) is 8. The van der Waals surface area contributed by atoms with Gasteiger partial charge in [-0.05, 0) is 61.0 Å². The minimum Gasteiger partial charge on any atom is -0.477 e. The minimum atomic E-state index is -1.31. The lowest BCUT2D eigenvalue weighted by Gasteiger charge is -2.36. The molecule has 2 aromatic heterocycles. The van der Waals surface area contributed by atoms with E-state index in [1.165, 1.54) is 23.6 Å². The normalized spacial score (nSPS) is 16.2. The lowest BCUT2D eigenvalue weighted by molar-refractivity contribution is 0.0695. The maximum atomic E-state index is 15.3. The van der Waals surface area contributed by atoms with Gasteiger partial charge in [0.1, 0.15) is 11.4 Å². The molecule has 1 aliphatic heterocycles. The molecule has 0 amide bonds. The predicted octanol–water partition coefficient (Wildman–Crippen LogP) is 6.00. The van der Waals surface area contributed by atoms with Crippen LogP contribution in [0.1, 0.15) is 34.8 Å². The first kappa shape index (κ1) is 28.0. The number of anilines is 1. The Kier molecular flexibility index (Phi) is 7.68. The summed E-state index contributed by atoms with van der Waals surface area (Å²) in [5.41, 5.74) is 0.706. The summed E-state index contributed by atoms with van der Waals surface area (Å²) in [7, 11) is 0. The average Bonchev–Trinajstić information content (AvgIpc) is 3.71. The van der Waals surface area contributed by atoms with E-state index >= 15 is 4.39 Å². The number of carboxylic acid groups (broad SMARTS) is 1. The molecule has 0 atom stereocenters. The van der Waals surface area contributed by atoms with Gasteiger partial charge in [0.05, 0.1) is 17.9 Å². The van der Waals surface area contributed by atoms with E-state index in [2.05, 4.69) is 15.0 Å². The van der Waals surface area contributed by atoms with Crippen molar-refractivity contribution in [3.05, 3.63) is 77.7 Å². The van der Waals surface area contributed by atoms with E-state index in [-0.39, 0.29) is 17.0 Å². The fourth-order valence-corrected chi connectivity index (χ4v) is 6.41. The van der Waals surface area contributed by atoms with Crippen LogP contribution in [0, 0.1) is 9.77 Å². The van der Waals surface area contributed by atoms with Crippen LogP contribution in [0.25, 0.3) is 10.9 Å². The van der Waals surface area contributed by atoms with Crippen LogP contribution in [0.2, 0.25) is 10.0 Å². The van der Waals surface area contributed by atoms with Gasteiger partial charge in [-0.15, -0.1) is 5.10 Å². The first-order valence-electron chi connectivity index (χ1n) is 12.8. The summed E-state index contributed by atoms with van der Waals surface area (Å²) in [6.07, 6.45) is 4.81. The molecule has 1 N–H and O–H groups in total. The van der Waals surface area contributed by atoms with E-state index in [4.69, 9.17) is 35.4 Å². The van der Waals surface area contributed by atoms with Gasteiger partial charge in [-0.25, -0.2) is 18.9 Å². The van der Waals surface area contributed by atoms with Crippen molar-refractivity contribution in [2.24, 2.45) is 4.99 Å². The second-order valence-corrected chi connectivity index (χ2v) is 12.5. The number of pyridine rings is 1. The molecule has 212 valence electrons. The number of aromatic carboxylic acids is 1. The Morgan fingerprint density at radius 1 is 1.15 bits per heavy atom. The lowest BCUT2D eigenvalue weighted by atomic mass is 10.1. The highest BCUT2D eigenvalue weighted by Crippen LogP contribution is 2.38. The van der Waals surface area contributed by atoms with Crippen LogP contribution in [0.4, 0.5) is 15.2 Å². The molecule has 0 bridgehead atoms. The summed E-state index contributed by atoms with van der Waals surface area (Å²) in [6, 6.07) is 8.13. The monoisotopic (exact) mass is 632 g/mol. The topological polar surface area (TPSA) is 96.0 Å². The fourth-order valence-electron chi connectivity index (χ4n) is 4.94. The lowest BCUT2D eigenvalue weighted by Crippen LogP contribution is -2.47. The van der Waals surface area contributed by atoms with Crippen LogP contribution in [-0.2, 0) is 6.67 Å². The number of fused-ring (bicyclic) bond motifs is 1. The number of hydrogen-bond donors (Lipinski definition) is 1. The van der Waals surface area contributed by atoms with E-state index in [0.29, 0.717) is 63.2 Å². The van der Waals surface area contributed by atoms with Gasteiger partial charge >= 0.3 is 5.97 Å². The van der Waals surface area contributed by atoms with Gasteiger partial charge in [0.25, 0.3) is 0 Å². The largest absolute Gasteiger partial charge is 0.477 e. The Hall–Kier alpha value is -3.16. The summed E-state index contributed by atoms with van der Waals surface area (Å²) < 4.78 is 19.4. The number of carboxylic acids is 1. The Balaban J connectivity index is 1.16. The average molecular weight is 634 g/mol.